The van der Waals surface area contributed by atoms with Crippen molar-refractivity contribution < 1.29 is 5.11 Å². The Morgan fingerprint density at radius 3 is 2.79 bits per heavy atom. The van der Waals surface area contributed by atoms with Crippen LogP contribution in [-0.4, -0.2) is 30.1 Å². The molecule has 0 amide bonds. The summed E-state index contributed by atoms with van der Waals surface area (Å²) < 4.78 is 0. The van der Waals surface area contributed by atoms with Gasteiger partial charge in [0.05, 0.1) is 5.02 Å². The van der Waals surface area contributed by atoms with Gasteiger partial charge in [-0.05, 0) is 62.9 Å². The number of rotatable bonds is 0. The Bertz CT molecular complexity index is 459. The van der Waals surface area contributed by atoms with E-state index in [1.165, 1.54) is 24.0 Å². The Hall–Kier alpha value is -0.730. The number of halogens is 1. The van der Waals surface area contributed by atoms with Gasteiger partial charge in [0.25, 0.3) is 0 Å². The Morgan fingerprint density at radius 2 is 2.05 bits per heavy atom. The van der Waals surface area contributed by atoms with Crippen molar-refractivity contribution in [1.82, 2.24) is 4.90 Å². The first-order valence-electron chi connectivity index (χ1n) is 7.20. The van der Waals surface area contributed by atoms with Gasteiger partial charge in [-0.15, -0.1) is 0 Å². The fraction of sp³-hybridized carbons (Fsp3) is 0.625. The summed E-state index contributed by atoms with van der Waals surface area (Å²) in [5, 5.41) is 10.8. The van der Waals surface area contributed by atoms with Crippen molar-refractivity contribution in [1.29, 1.82) is 0 Å². The number of hydrogen-bond donors (Lipinski definition) is 1. The molecule has 0 radical (unpaired) electrons. The molecule has 0 saturated carbocycles. The van der Waals surface area contributed by atoms with E-state index in [1.807, 2.05) is 6.07 Å². The molecule has 3 heteroatoms. The van der Waals surface area contributed by atoms with Crippen molar-refractivity contribution in [3.63, 3.8) is 0 Å². The zero-order chi connectivity index (χ0) is 14.0. The minimum atomic E-state index is 0.294. The van der Waals surface area contributed by atoms with Crippen molar-refractivity contribution >= 4 is 11.6 Å². The largest absolute Gasteiger partial charge is 0.506 e. The van der Waals surface area contributed by atoms with Crippen LogP contribution in [0.4, 0.5) is 0 Å². The molecule has 1 aromatic carbocycles. The lowest BCUT2D eigenvalue weighted by Gasteiger charge is -2.20. The second-order valence-electron chi connectivity index (χ2n) is 5.85. The Kier molecular flexibility index (Phi) is 4.75. The monoisotopic (exact) mass is 281 g/mol. The van der Waals surface area contributed by atoms with Gasteiger partial charge in [-0.25, -0.2) is 0 Å². The average Bonchev–Trinajstić information content (AvgIpc) is 2.38. The summed E-state index contributed by atoms with van der Waals surface area (Å²) in [4.78, 5) is 2.38. The standard InChI is InChI=1S/C16H24ClNO/c1-11-6-4-5-8-18(3)9-7-13-10-14(17)16(19)15(11)12(13)2/h10-11,19H,4-9H2,1-3H3/t11-/m0/s1. The summed E-state index contributed by atoms with van der Waals surface area (Å²) in [5.41, 5.74) is 3.56. The van der Waals surface area contributed by atoms with Crippen molar-refractivity contribution in [2.24, 2.45) is 0 Å². The number of phenols is 1. The summed E-state index contributed by atoms with van der Waals surface area (Å²) in [7, 11) is 2.18. The van der Waals surface area contributed by atoms with Gasteiger partial charge in [0.1, 0.15) is 5.75 Å². The van der Waals surface area contributed by atoms with Crippen LogP contribution in [0.2, 0.25) is 5.02 Å². The van der Waals surface area contributed by atoms with Gasteiger partial charge in [0.15, 0.2) is 0 Å². The van der Waals surface area contributed by atoms with E-state index in [-0.39, 0.29) is 0 Å². The predicted molar refractivity (Wildman–Crippen MR) is 81.3 cm³/mol. The van der Waals surface area contributed by atoms with E-state index in [2.05, 4.69) is 25.8 Å². The molecule has 106 valence electrons. The summed E-state index contributed by atoms with van der Waals surface area (Å²) in [6.07, 6.45) is 4.54. The fourth-order valence-corrected chi connectivity index (χ4v) is 3.30. The maximum Gasteiger partial charge on any atom is 0.137 e. The zero-order valence-electron chi connectivity index (χ0n) is 12.2. The van der Waals surface area contributed by atoms with Gasteiger partial charge in [0.2, 0.25) is 0 Å². The number of phenolic OH excluding ortho intramolecular Hbond substituents is 1. The molecule has 1 heterocycles. The molecule has 0 aromatic heterocycles. The van der Waals surface area contributed by atoms with Gasteiger partial charge in [-0.1, -0.05) is 24.9 Å². The van der Waals surface area contributed by atoms with Gasteiger partial charge < -0.3 is 10.0 Å². The van der Waals surface area contributed by atoms with Crippen LogP contribution in [0.25, 0.3) is 0 Å². The molecule has 0 unspecified atom stereocenters. The smallest absolute Gasteiger partial charge is 0.137 e. The maximum atomic E-state index is 10.3. The highest BCUT2D eigenvalue weighted by Crippen LogP contribution is 2.39. The van der Waals surface area contributed by atoms with Crippen LogP contribution < -0.4 is 0 Å². The lowest BCUT2D eigenvalue weighted by Crippen LogP contribution is -2.22. The highest BCUT2D eigenvalue weighted by atomic mass is 35.5. The van der Waals surface area contributed by atoms with Crippen LogP contribution in [0.3, 0.4) is 0 Å². The molecule has 0 spiro atoms. The number of likely N-dealkylation sites (N-methyl/N-ethyl adjacent to an activating group) is 1. The van der Waals surface area contributed by atoms with Crippen molar-refractivity contribution in [3.8, 4) is 5.75 Å². The first kappa shape index (κ1) is 14.7. The van der Waals surface area contributed by atoms with E-state index in [0.29, 0.717) is 16.7 Å². The van der Waals surface area contributed by atoms with E-state index in [4.69, 9.17) is 11.6 Å². The molecule has 0 fully saturated rings. The highest BCUT2D eigenvalue weighted by molar-refractivity contribution is 6.32. The molecule has 1 aliphatic rings. The van der Waals surface area contributed by atoms with E-state index < -0.39 is 0 Å². The summed E-state index contributed by atoms with van der Waals surface area (Å²) in [6.45, 7) is 6.52. The number of hydrogen-bond acceptors (Lipinski definition) is 2. The first-order chi connectivity index (χ1) is 9.00. The maximum absolute atomic E-state index is 10.3. The molecular weight excluding hydrogens is 258 g/mol. The van der Waals surface area contributed by atoms with Gasteiger partial charge in [-0.2, -0.15) is 0 Å². The Morgan fingerprint density at radius 1 is 1.32 bits per heavy atom. The molecule has 0 aliphatic carbocycles. The van der Waals surface area contributed by atoms with Gasteiger partial charge in [-0.3, -0.25) is 0 Å². The number of nitrogens with zero attached hydrogens (tertiary/aromatic N) is 1. The Balaban J connectivity index is 2.44. The molecule has 1 aromatic rings. The topological polar surface area (TPSA) is 23.5 Å². The quantitative estimate of drug-likeness (QED) is 0.773. The third-order valence-corrected chi connectivity index (χ3v) is 4.64. The molecule has 19 heavy (non-hydrogen) atoms. The molecule has 1 N–H and O–H groups in total. The molecule has 2 nitrogen and oxygen atoms in total. The molecule has 1 atom stereocenters. The number of fused-ring (bicyclic) bond motifs is 2. The van der Waals surface area contributed by atoms with Crippen LogP contribution in [0.1, 0.15) is 48.8 Å². The third-order valence-electron chi connectivity index (χ3n) is 4.35. The summed E-state index contributed by atoms with van der Waals surface area (Å²) in [5.74, 6) is 0.670. The zero-order valence-corrected chi connectivity index (χ0v) is 12.9. The summed E-state index contributed by atoms with van der Waals surface area (Å²) >= 11 is 6.20. The van der Waals surface area contributed by atoms with E-state index in [0.717, 1.165) is 31.5 Å². The van der Waals surface area contributed by atoms with Crippen molar-refractivity contribution in [2.45, 2.75) is 45.4 Å². The first-order valence-corrected chi connectivity index (χ1v) is 7.58. The van der Waals surface area contributed by atoms with Crippen molar-refractivity contribution in [2.75, 3.05) is 20.1 Å². The van der Waals surface area contributed by atoms with Gasteiger partial charge in [0, 0.05) is 12.1 Å². The van der Waals surface area contributed by atoms with E-state index in [9.17, 15) is 5.11 Å². The fourth-order valence-electron chi connectivity index (χ4n) is 3.07. The second-order valence-corrected chi connectivity index (χ2v) is 6.26. The van der Waals surface area contributed by atoms with E-state index >= 15 is 0 Å². The molecule has 2 bridgehead atoms. The lowest BCUT2D eigenvalue weighted by atomic mass is 9.88. The van der Waals surface area contributed by atoms with Crippen LogP contribution >= 0.6 is 11.6 Å². The average molecular weight is 282 g/mol. The summed E-state index contributed by atoms with van der Waals surface area (Å²) in [6, 6.07) is 1.94. The Labute approximate surface area is 121 Å². The molecular formula is C16H24ClNO. The predicted octanol–water partition coefficient (Wildman–Crippen LogP) is 4.12. The van der Waals surface area contributed by atoms with E-state index in [1.54, 1.807) is 0 Å². The molecule has 0 saturated heterocycles. The third kappa shape index (κ3) is 3.24. The minimum absolute atomic E-state index is 0.294. The lowest BCUT2D eigenvalue weighted by molar-refractivity contribution is 0.328. The second kappa shape index (κ2) is 6.15. The minimum Gasteiger partial charge on any atom is -0.506 e. The normalized spacial score (nSPS) is 22.0. The van der Waals surface area contributed by atoms with Crippen molar-refractivity contribution in [3.05, 3.63) is 27.8 Å². The SMILES string of the molecule is Cc1c2cc(Cl)c(O)c1[C@@H](C)CCCCN(C)CC2. The number of aromatic hydroxyl groups is 1. The number of benzene rings is 1. The molecule has 2 rings (SSSR count). The van der Waals surface area contributed by atoms with Crippen LogP contribution in [0.15, 0.2) is 6.07 Å². The van der Waals surface area contributed by atoms with Gasteiger partial charge >= 0.3 is 0 Å². The molecule has 1 aliphatic heterocycles. The van der Waals surface area contributed by atoms with Crippen LogP contribution in [-0.2, 0) is 6.42 Å². The van der Waals surface area contributed by atoms with Crippen LogP contribution in [0.5, 0.6) is 5.75 Å². The van der Waals surface area contributed by atoms with Crippen LogP contribution in [0, 0.1) is 6.92 Å². The highest BCUT2D eigenvalue weighted by Gasteiger charge is 2.19.